The molecular weight excluding hydrogens is 318 g/mol. The number of phenols is 1. The molecule has 2 aliphatic carbocycles. The number of aliphatic hydroxyl groups is 1. The van der Waals surface area contributed by atoms with Crippen molar-refractivity contribution in [1.29, 1.82) is 0 Å². The third-order valence-corrected chi connectivity index (χ3v) is 7.45. The van der Waals surface area contributed by atoms with Crippen molar-refractivity contribution in [3.63, 3.8) is 0 Å². The van der Waals surface area contributed by atoms with E-state index >= 15 is 0 Å². The monoisotopic (exact) mass is 342 g/mol. The number of aromatic hydroxyl groups is 1. The van der Waals surface area contributed by atoms with E-state index in [1.54, 1.807) is 6.07 Å². The second-order valence-corrected chi connectivity index (χ2v) is 8.45. The van der Waals surface area contributed by atoms with Crippen LogP contribution in [0, 0.1) is 0 Å². The molecule has 5 heteroatoms. The van der Waals surface area contributed by atoms with E-state index in [2.05, 4.69) is 13.6 Å². The fraction of sp³-hybridized carbons (Fsp3) is 0.550. The van der Waals surface area contributed by atoms with Crippen molar-refractivity contribution < 1.29 is 24.2 Å². The number of ether oxygens (including phenoxy) is 1. The van der Waals surface area contributed by atoms with E-state index < -0.39 is 17.1 Å². The number of nitrogens with zero attached hydrogens (tertiary/aromatic N) is 1. The van der Waals surface area contributed by atoms with Crippen LogP contribution in [0.4, 0.5) is 0 Å². The van der Waals surface area contributed by atoms with Gasteiger partial charge in [0.15, 0.2) is 23.4 Å². The van der Waals surface area contributed by atoms with Crippen LogP contribution in [-0.4, -0.2) is 58.4 Å². The molecular formula is C20H24NO4+. The van der Waals surface area contributed by atoms with Gasteiger partial charge in [-0.3, -0.25) is 4.79 Å². The van der Waals surface area contributed by atoms with Crippen LogP contribution in [0.3, 0.4) is 0 Å². The quantitative estimate of drug-likeness (QED) is 0.631. The van der Waals surface area contributed by atoms with Gasteiger partial charge in [0.05, 0.1) is 25.6 Å². The Morgan fingerprint density at radius 2 is 2.24 bits per heavy atom. The van der Waals surface area contributed by atoms with Crippen LogP contribution in [0.5, 0.6) is 11.5 Å². The van der Waals surface area contributed by atoms with E-state index in [4.69, 9.17) is 4.74 Å². The van der Waals surface area contributed by atoms with Gasteiger partial charge in [-0.05, 0) is 24.1 Å². The average molecular weight is 342 g/mol. The Balaban J connectivity index is 1.82. The third kappa shape index (κ3) is 1.51. The first kappa shape index (κ1) is 15.4. The zero-order valence-electron chi connectivity index (χ0n) is 14.5. The van der Waals surface area contributed by atoms with Gasteiger partial charge in [-0.25, -0.2) is 0 Å². The van der Waals surface area contributed by atoms with Crippen molar-refractivity contribution in [3.8, 4) is 11.5 Å². The van der Waals surface area contributed by atoms with E-state index in [-0.39, 0.29) is 17.6 Å². The van der Waals surface area contributed by atoms with Gasteiger partial charge in [-0.1, -0.05) is 12.6 Å². The lowest BCUT2D eigenvalue weighted by Crippen LogP contribution is -2.80. The Morgan fingerprint density at radius 3 is 3.00 bits per heavy atom. The average Bonchev–Trinajstić information content (AvgIpc) is 2.93. The molecule has 1 saturated carbocycles. The summed E-state index contributed by atoms with van der Waals surface area (Å²) in [6, 6.07) is 3.60. The smallest absolute Gasteiger partial charge is 0.174 e. The number of likely N-dealkylation sites (tertiary alicyclic amines) is 1. The van der Waals surface area contributed by atoms with Gasteiger partial charge in [-0.2, -0.15) is 0 Å². The van der Waals surface area contributed by atoms with E-state index in [9.17, 15) is 15.0 Å². The van der Waals surface area contributed by atoms with Crippen LogP contribution >= 0.6 is 0 Å². The molecule has 5 atom stereocenters. The number of likely N-dealkylation sites (N-methyl/N-ethyl adjacent to an activating group) is 1. The number of benzene rings is 1. The molecule has 2 bridgehead atoms. The molecule has 0 aromatic heterocycles. The number of carbonyl (C=O) groups excluding carboxylic acids is 1. The first-order chi connectivity index (χ1) is 11.9. The van der Waals surface area contributed by atoms with Crippen molar-refractivity contribution in [2.24, 2.45) is 0 Å². The van der Waals surface area contributed by atoms with Crippen molar-refractivity contribution in [3.05, 3.63) is 35.9 Å². The molecule has 4 aliphatic rings. The molecule has 5 nitrogen and oxygen atoms in total. The van der Waals surface area contributed by atoms with Gasteiger partial charge in [0, 0.05) is 24.8 Å². The highest BCUT2D eigenvalue weighted by molar-refractivity contribution is 5.90. The van der Waals surface area contributed by atoms with E-state index in [0.29, 0.717) is 25.0 Å². The Hall–Kier alpha value is -1.85. The van der Waals surface area contributed by atoms with E-state index in [1.807, 2.05) is 12.1 Å². The minimum absolute atomic E-state index is 0.00134. The minimum Gasteiger partial charge on any atom is -0.504 e. The summed E-state index contributed by atoms with van der Waals surface area (Å²) in [7, 11) is 2.19. The number of hydrogen-bond donors (Lipinski definition) is 2. The normalized spacial score (nSPS) is 43.4. The molecule has 1 saturated heterocycles. The van der Waals surface area contributed by atoms with Crippen LogP contribution in [0.25, 0.3) is 0 Å². The summed E-state index contributed by atoms with van der Waals surface area (Å²) in [5.41, 5.74) is 0.295. The molecule has 1 spiro atoms. The SMILES string of the molecule is C=CC[N@+]1(C)CC[C@]23c4c5ccc(O)c4OC2C(=O)CC[C@]3(O)[C@H]1C5. The fourth-order valence-electron chi connectivity index (χ4n) is 6.34. The number of rotatable bonds is 2. The van der Waals surface area contributed by atoms with Crippen molar-refractivity contribution in [2.45, 2.75) is 48.8 Å². The topological polar surface area (TPSA) is 66.8 Å². The van der Waals surface area contributed by atoms with Crippen LogP contribution in [-0.2, 0) is 16.6 Å². The highest BCUT2D eigenvalue weighted by Gasteiger charge is 2.76. The summed E-state index contributed by atoms with van der Waals surface area (Å²) in [4.78, 5) is 12.7. The summed E-state index contributed by atoms with van der Waals surface area (Å²) in [6.07, 6.45) is 3.47. The molecule has 132 valence electrons. The first-order valence-corrected chi connectivity index (χ1v) is 9.09. The van der Waals surface area contributed by atoms with Gasteiger partial charge >= 0.3 is 0 Å². The molecule has 2 N–H and O–H groups in total. The van der Waals surface area contributed by atoms with Crippen LogP contribution in [0.2, 0.25) is 0 Å². The zero-order valence-corrected chi connectivity index (χ0v) is 14.5. The molecule has 25 heavy (non-hydrogen) atoms. The Kier molecular flexibility index (Phi) is 2.75. The van der Waals surface area contributed by atoms with Gasteiger partial charge < -0.3 is 19.4 Å². The van der Waals surface area contributed by atoms with E-state index in [0.717, 1.165) is 35.1 Å². The zero-order chi connectivity index (χ0) is 17.6. The number of phenolic OH excluding ortho intramolecular Hbond substituents is 1. The maximum absolute atomic E-state index is 12.7. The number of hydrogen-bond acceptors (Lipinski definition) is 4. The molecule has 2 fully saturated rings. The molecule has 1 aromatic carbocycles. The number of carbonyl (C=O) groups is 1. The number of quaternary nitrogens is 1. The summed E-state index contributed by atoms with van der Waals surface area (Å²) in [5.74, 6) is 0.547. The molecule has 5 rings (SSSR count). The standard InChI is InChI=1S/C20H23NO4/c1-3-9-21(2)10-8-19-16-12-4-5-13(22)17(16)25-18(19)14(23)6-7-20(19,24)15(21)11-12/h3-5,15,18,24H,1,6-11H2,2H3/p+1/t15-,18?,19+,20+,21-/m1/s1. The van der Waals surface area contributed by atoms with Crippen LogP contribution < -0.4 is 4.74 Å². The minimum atomic E-state index is -0.992. The maximum Gasteiger partial charge on any atom is 0.174 e. The largest absolute Gasteiger partial charge is 0.504 e. The lowest BCUT2D eigenvalue weighted by atomic mass is 9.48. The van der Waals surface area contributed by atoms with Crippen LogP contribution in [0.15, 0.2) is 24.8 Å². The highest BCUT2D eigenvalue weighted by Crippen LogP contribution is 2.65. The summed E-state index contributed by atoms with van der Waals surface area (Å²) in [6.45, 7) is 5.57. The predicted molar refractivity (Wildman–Crippen MR) is 91.6 cm³/mol. The molecule has 0 radical (unpaired) electrons. The Labute approximate surface area is 147 Å². The second-order valence-electron chi connectivity index (χ2n) is 8.45. The Morgan fingerprint density at radius 1 is 1.44 bits per heavy atom. The van der Waals surface area contributed by atoms with Crippen LogP contribution in [0.1, 0.15) is 30.4 Å². The maximum atomic E-state index is 12.7. The molecule has 1 aromatic rings. The van der Waals surface area contributed by atoms with E-state index in [1.165, 1.54) is 0 Å². The highest BCUT2D eigenvalue weighted by atomic mass is 16.5. The predicted octanol–water partition coefficient (Wildman–Crippen LogP) is 1.45. The lowest BCUT2D eigenvalue weighted by Gasteiger charge is -2.64. The van der Waals surface area contributed by atoms with Crippen molar-refractivity contribution in [1.82, 2.24) is 0 Å². The Bertz CT molecular complexity index is 820. The summed E-state index contributed by atoms with van der Waals surface area (Å²) < 4.78 is 6.76. The first-order valence-electron chi connectivity index (χ1n) is 9.09. The molecule has 2 aliphatic heterocycles. The van der Waals surface area contributed by atoms with Gasteiger partial charge in [0.1, 0.15) is 11.6 Å². The molecule has 0 amide bonds. The lowest BCUT2D eigenvalue weighted by molar-refractivity contribution is -0.944. The van der Waals surface area contributed by atoms with Crippen molar-refractivity contribution >= 4 is 5.78 Å². The van der Waals surface area contributed by atoms with Crippen molar-refractivity contribution in [2.75, 3.05) is 20.1 Å². The number of Topliss-reactive ketones (excluding diaryl/α,β-unsaturated/α-hetero) is 1. The van der Waals surface area contributed by atoms with Gasteiger partial charge in [0.2, 0.25) is 0 Å². The molecule has 2 heterocycles. The fourth-order valence-corrected chi connectivity index (χ4v) is 6.34. The second kappa shape index (κ2) is 4.46. The molecule has 1 unspecified atom stereocenters. The summed E-state index contributed by atoms with van der Waals surface area (Å²) >= 11 is 0. The third-order valence-electron chi connectivity index (χ3n) is 7.45. The number of ketones is 1. The summed E-state index contributed by atoms with van der Waals surface area (Å²) in [5, 5.41) is 22.3. The number of piperidine rings is 1. The van der Waals surface area contributed by atoms with Gasteiger partial charge in [-0.15, -0.1) is 0 Å². The van der Waals surface area contributed by atoms with Gasteiger partial charge in [0.25, 0.3) is 0 Å².